The normalized spacial score (nSPS) is 11.0. The van der Waals surface area contributed by atoms with Crippen LogP contribution in [0.5, 0.6) is 0 Å². The molecular formula is C19H16N4O. The zero-order valence-electron chi connectivity index (χ0n) is 12.9. The van der Waals surface area contributed by atoms with Crippen molar-refractivity contribution in [3.8, 4) is 17.1 Å². The van der Waals surface area contributed by atoms with Crippen molar-refractivity contribution in [2.45, 2.75) is 6.61 Å². The molecule has 2 heterocycles. The second kappa shape index (κ2) is 5.79. The van der Waals surface area contributed by atoms with Crippen LogP contribution in [-0.4, -0.2) is 19.6 Å². The van der Waals surface area contributed by atoms with Crippen LogP contribution in [0.25, 0.3) is 28.1 Å². The molecule has 0 bridgehead atoms. The lowest BCUT2D eigenvalue weighted by Gasteiger charge is -2.11. The summed E-state index contributed by atoms with van der Waals surface area (Å²) in [7, 11) is 0. The van der Waals surface area contributed by atoms with E-state index in [1.54, 1.807) is 6.20 Å². The van der Waals surface area contributed by atoms with Crippen molar-refractivity contribution in [1.82, 2.24) is 14.5 Å². The van der Waals surface area contributed by atoms with Crippen molar-refractivity contribution >= 4 is 16.9 Å². The number of anilines is 1. The number of nitrogens with two attached hydrogens (primary N) is 1. The van der Waals surface area contributed by atoms with Crippen LogP contribution in [0.4, 0.5) is 5.82 Å². The van der Waals surface area contributed by atoms with Gasteiger partial charge in [0.2, 0.25) is 0 Å². The van der Waals surface area contributed by atoms with Crippen molar-refractivity contribution in [3.63, 3.8) is 0 Å². The quantitative estimate of drug-likeness (QED) is 0.608. The second-order valence-corrected chi connectivity index (χ2v) is 5.52. The SMILES string of the molecule is Nc1ncccc1-c1nc2ccccc2n1-c1ccc(CO)cc1. The van der Waals surface area contributed by atoms with Crippen LogP contribution >= 0.6 is 0 Å². The third-order valence-electron chi connectivity index (χ3n) is 4.02. The molecule has 4 aromatic rings. The van der Waals surface area contributed by atoms with Crippen LogP contribution in [-0.2, 0) is 6.61 Å². The Labute approximate surface area is 139 Å². The largest absolute Gasteiger partial charge is 0.392 e. The molecule has 0 radical (unpaired) electrons. The first kappa shape index (κ1) is 14.4. The van der Waals surface area contributed by atoms with E-state index in [1.165, 1.54) is 0 Å². The Morgan fingerprint density at radius 3 is 2.50 bits per heavy atom. The second-order valence-electron chi connectivity index (χ2n) is 5.52. The van der Waals surface area contributed by atoms with E-state index in [4.69, 9.17) is 10.7 Å². The predicted molar refractivity (Wildman–Crippen MR) is 94.6 cm³/mol. The van der Waals surface area contributed by atoms with E-state index in [1.807, 2.05) is 60.7 Å². The Hall–Kier alpha value is -3.18. The van der Waals surface area contributed by atoms with Gasteiger partial charge < -0.3 is 10.8 Å². The molecule has 2 aromatic carbocycles. The Balaban J connectivity index is 2.01. The predicted octanol–water partition coefficient (Wildman–Crippen LogP) is 3.16. The number of nitrogens with zero attached hydrogens (tertiary/aromatic N) is 3. The Kier molecular flexibility index (Phi) is 3.48. The van der Waals surface area contributed by atoms with Crippen LogP contribution in [0.3, 0.4) is 0 Å². The van der Waals surface area contributed by atoms with Gasteiger partial charge >= 0.3 is 0 Å². The monoisotopic (exact) mass is 316 g/mol. The van der Waals surface area contributed by atoms with E-state index in [0.29, 0.717) is 5.82 Å². The smallest absolute Gasteiger partial charge is 0.149 e. The van der Waals surface area contributed by atoms with Gasteiger partial charge in [-0.2, -0.15) is 0 Å². The van der Waals surface area contributed by atoms with Crippen LogP contribution < -0.4 is 5.73 Å². The number of aliphatic hydroxyl groups excluding tert-OH is 1. The van der Waals surface area contributed by atoms with Crippen molar-refractivity contribution in [2.24, 2.45) is 0 Å². The number of rotatable bonds is 3. The number of para-hydroxylation sites is 2. The maximum Gasteiger partial charge on any atom is 0.149 e. The van der Waals surface area contributed by atoms with Crippen LogP contribution in [0, 0.1) is 0 Å². The van der Waals surface area contributed by atoms with Gasteiger partial charge in [-0.25, -0.2) is 9.97 Å². The van der Waals surface area contributed by atoms with Crippen LogP contribution in [0.1, 0.15) is 5.56 Å². The van der Waals surface area contributed by atoms with E-state index in [9.17, 15) is 5.11 Å². The highest BCUT2D eigenvalue weighted by molar-refractivity contribution is 5.85. The molecule has 0 unspecified atom stereocenters. The molecule has 0 spiro atoms. The van der Waals surface area contributed by atoms with Gasteiger partial charge in [0, 0.05) is 11.9 Å². The fourth-order valence-corrected chi connectivity index (χ4v) is 2.83. The van der Waals surface area contributed by atoms with Gasteiger partial charge in [0.25, 0.3) is 0 Å². The van der Waals surface area contributed by atoms with Crippen molar-refractivity contribution < 1.29 is 5.11 Å². The number of benzene rings is 2. The minimum atomic E-state index is 0.0212. The van der Waals surface area contributed by atoms with Crippen molar-refractivity contribution in [1.29, 1.82) is 0 Å². The maximum absolute atomic E-state index is 9.26. The number of hydrogen-bond donors (Lipinski definition) is 2. The van der Waals surface area contributed by atoms with Gasteiger partial charge in [-0.3, -0.25) is 4.57 Å². The highest BCUT2D eigenvalue weighted by atomic mass is 16.3. The third-order valence-corrected chi connectivity index (χ3v) is 4.02. The lowest BCUT2D eigenvalue weighted by atomic mass is 10.2. The highest BCUT2D eigenvalue weighted by Crippen LogP contribution is 2.30. The molecule has 0 aliphatic carbocycles. The molecule has 0 aliphatic heterocycles. The average Bonchev–Trinajstić information content (AvgIpc) is 3.01. The van der Waals surface area contributed by atoms with Gasteiger partial charge in [-0.05, 0) is 42.0 Å². The summed E-state index contributed by atoms with van der Waals surface area (Å²) in [6, 6.07) is 19.5. The molecule has 5 heteroatoms. The van der Waals surface area contributed by atoms with E-state index in [0.717, 1.165) is 33.7 Å². The fourth-order valence-electron chi connectivity index (χ4n) is 2.83. The number of imidazole rings is 1. The van der Waals surface area contributed by atoms with Gasteiger partial charge in [-0.1, -0.05) is 24.3 Å². The van der Waals surface area contributed by atoms with E-state index >= 15 is 0 Å². The first-order valence-electron chi connectivity index (χ1n) is 7.66. The molecular weight excluding hydrogens is 300 g/mol. The minimum absolute atomic E-state index is 0.0212. The number of fused-ring (bicyclic) bond motifs is 1. The zero-order valence-corrected chi connectivity index (χ0v) is 12.9. The minimum Gasteiger partial charge on any atom is -0.392 e. The molecule has 0 atom stereocenters. The van der Waals surface area contributed by atoms with Gasteiger partial charge in [0.15, 0.2) is 0 Å². The van der Waals surface area contributed by atoms with E-state index in [2.05, 4.69) is 9.55 Å². The van der Waals surface area contributed by atoms with Crippen LogP contribution in [0.2, 0.25) is 0 Å². The summed E-state index contributed by atoms with van der Waals surface area (Å²) < 4.78 is 2.06. The molecule has 118 valence electrons. The van der Waals surface area contributed by atoms with Gasteiger partial charge in [0.05, 0.1) is 23.2 Å². The summed E-state index contributed by atoms with van der Waals surface area (Å²) in [6.07, 6.45) is 1.67. The molecule has 3 N–H and O–H groups in total. The summed E-state index contributed by atoms with van der Waals surface area (Å²) >= 11 is 0. The average molecular weight is 316 g/mol. The zero-order chi connectivity index (χ0) is 16.5. The summed E-state index contributed by atoms with van der Waals surface area (Å²) in [5, 5.41) is 9.26. The molecule has 0 saturated carbocycles. The first-order valence-corrected chi connectivity index (χ1v) is 7.66. The number of aromatic nitrogens is 3. The van der Waals surface area contributed by atoms with E-state index in [-0.39, 0.29) is 6.61 Å². The Bertz CT molecular complexity index is 1010. The Morgan fingerprint density at radius 1 is 0.958 bits per heavy atom. The fraction of sp³-hybridized carbons (Fsp3) is 0.0526. The highest BCUT2D eigenvalue weighted by Gasteiger charge is 2.16. The van der Waals surface area contributed by atoms with Gasteiger partial charge in [-0.15, -0.1) is 0 Å². The third kappa shape index (κ3) is 2.31. The molecule has 24 heavy (non-hydrogen) atoms. The molecule has 2 aromatic heterocycles. The van der Waals surface area contributed by atoms with Crippen molar-refractivity contribution in [2.75, 3.05) is 5.73 Å². The number of hydrogen-bond acceptors (Lipinski definition) is 4. The van der Waals surface area contributed by atoms with E-state index < -0.39 is 0 Å². The number of aliphatic hydroxyl groups is 1. The molecule has 4 rings (SSSR count). The van der Waals surface area contributed by atoms with Crippen LogP contribution in [0.15, 0.2) is 66.9 Å². The summed E-state index contributed by atoms with van der Waals surface area (Å²) in [5.41, 5.74) is 10.6. The lowest BCUT2D eigenvalue weighted by molar-refractivity contribution is 0.282. The maximum atomic E-state index is 9.26. The Morgan fingerprint density at radius 2 is 1.75 bits per heavy atom. The molecule has 0 amide bonds. The number of nitrogen functional groups attached to an aromatic ring is 1. The first-order chi connectivity index (χ1) is 11.8. The molecule has 5 nitrogen and oxygen atoms in total. The standard InChI is InChI=1S/C19H16N4O/c20-18-15(4-3-11-21-18)19-22-16-5-1-2-6-17(16)23(19)14-9-7-13(12-24)8-10-14/h1-11,24H,12H2,(H2,20,21). The molecule has 0 fully saturated rings. The summed E-state index contributed by atoms with van der Waals surface area (Å²) in [4.78, 5) is 8.94. The van der Waals surface area contributed by atoms with Crippen molar-refractivity contribution in [3.05, 3.63) is 72.4 Å². The lowest BCUT2D eigenvalue weighted by Crippen LogP contribution is -2.01. The molecule has 0 aliphatic rings. The number of pyridine rings is 1. The summed E-state index contributed by atoms with van der Waals surface area (Å²) in [5.74, 6) is 1.19. The van der Waals surface area contributed by atoms with Gasteiger partial charge in [0.1, 0.15) is 11.6 Å². The molecule has 0 saturated heterocycles. The topological polar surface area (TPSA) is 77.0 Å². The summed E-state index contributed by atoms with van der Waals surface area (Å²) in [6.45, 7) is 0.0212.